The molecule has 0 bridgehead atoms. The molecule has 4 heterocycles. The maximum atomic E-state index is 14.9. The van der Waals surface area contributed by atoms with Crippen molar-refractivity contribution in [2.75, 3.05) is 11.9 Å². The number of nitrogens with zero attached hydrogens (tertiary/aromatic N) is 4. The van der Waals surface area contributed by atoms with E-state index in [9.17, 15) is 36.2 Å². The third-order valence-electron chi connectivity index (χ3n) is 6.06. The third-order valence-corrected chi connectivity index (χ3v) is 6.06. The number of aliphatic hydroxyl groups excluding tert-OH is 1. The van der Waals surface area contributed by atoms with Crippen molar-refractivity contribution >= 4 is 11.7 Å². The molecule has 0 aliphatic carbocycles. The van der Waals surface area contributed by atoms with Gasteiger partial charge in [-0.25, -0.2) is 22.4 Å². The SMILES string of the molecule is CC1Cc2nn3c(c2CN1C(=O)Nc1ccnc(C(F)F)c1F)C(F)(F)CCC(F)(CO)C3. The molecule has 2 aliphatic heterocycles. The highest BCUT2D eigenvalue weighted by Gasteiger charge is 2.48. The first kappa shape index (κ1) is 23.3. The van der Waals surface area contributed by atoms with E-state index < -0.39 is 79.0 Å². The molecular weight excluding hydrogens is 456 g/mol. The Morgan fingerprint density at radius 1 is 1.33 bits per heavy atom. The van der Waals surface area contributed by atoms with E-state index >= 15 is 0 Å². The summed E-state index contributed by atoms with van der Waals surface area (Å²) in [7, 11) is 0. The zero-order chi connectivity index (χ0) is 24.1. The van der Waals surface area contributed by atoms with Gasteiger partial charge >= 0.3 is 6.03 Å². The second-order valence-corrected chi connectivity index (χ2v) is 8.41. The lowest BCUT2D eigenvalue weighted by molar-refractivity contribution is -0.0324. The summed E-state index contributed by atoms with van der Waals surface area (Å²) in [4.78, 5) is 17.2. The lowest BCUT2D eigenvalue weighted by Crippen LogP contribution is -2.45. The van der Waals surface area contributed by atoms with Gasteiger partial charge in [0.1, 0.15) is 11.4 Å². The van der Waals surface area contributed by atoms with Crippen molar-refractivity contribution in [1.82, 2.24) is 19.7 Å². The second kappa shape index (κ2) is 8.19. The van der Waals surface area contributed by atoms with Crippen LogP contribution in [0.25, 0.3) is 0 Å². The van der Waals surface area contributed by atoms with E-state index in [2.05, 4.69) is 15.4 Å². The van der Waals surface area contributed by atoms with Crippen molar-refractivity contribution in [3.63, 3.8) is 0 Å². The summed E-state index contributed by atoms with van der Waals surface area (Å²) in [5.74, 6) is -4.84. The first-order valence-corrected chi connectivity index (χ1v) is 10.2. The van der Waals surface area contributed by atoms with E-state index in [-0.39, 0.29) is 24.2 Å². The third kappa shape index (κ3) is 4.13. The van der Waals surface area contributed by atoms with Crippen LogP contribution in [0.15, 0.2) is 12.3 Å². The average molecular weight is 477 g/mol. The monoisotopic (exact) mass is 477 g/mol. The summed E-state index contributed by atoms with van der Waals surface area (Å²) in [5.41, 5.74) is -4.09. The number of carbonyl (C=O) groups excluding carboxylic acids is 1. The summed E-state index contributed by atoms with van der Waals surface area (Å²) in [6.45, 7) is -0.192. The fourth-order valence-corrected chi connectivity index (χ4v) is 4.26. The Kier molecular flexibility index (Phi) is 5.79. The number of amides is 2. The number of carbonyl (C=O) groups is 1. The van der Waals surface area contributed by atoms with Gasteiger partial charge in [-0.05, 0) is 19.4 Å². The van der Waals surface area contributed by atoms with Crippen LogP contribution >= 0.6 is 0 Å². The molecule has 2 aromatic rings. The van der Waals surface area contributed by atoms with Gasteiger partial charge in [-0.3, -0.25) is 9.67 Å². The van der Waals surface area contributed by atoms with Crippen molar-refractivity contribution in [3.05, 3.63) is 40.7 Å². The number of aliphatic hydroxyl groups is 1. The van der Waals surface area contributed by atoms with Crippen LogP contribution in [-0.4, -0.2) is 49.1 Å². The Hall–Kier alpha value is -2.83. The quantitative estimate of drug-likeness (QED) is 0.657. The van der Waals surface area contributed by atoms with Crippen LogP contribution in [0.5, 0.6) is 0 Å². The molecule has 7 nitrogen and oxygen atoms in total. The Morgan fingerprint density at radius 2 is 2.06 bits per heavy atom. The van der Waals surface area contributed by atoms with Gasteiger partial charge in [-0.2, -0.15) is 13.9 Å². The number of alkyl halides is 5. The van der Waals surface area contributed by atoms with Gasteiger partial charge in [0.05, 0.1) is 31.1 Å². The molecule has 2 atom stereocenters. The highest BCUT2D eigenvalue weighted by molar-refractivity contribution is 5.90. The minimum atomic E-state index is -3.45. The van der Waals surface area contributed by atoms with Gasteiger partial charge in [0.15, 0.2) is 11.5 Å². The van der Waals surface area contributed by atoms with E-state index in [1.54, 1.807) is 6.92 Å². The van der Waals surface area contributed by atoms with Crippen LogP contribution in [0, 0.1) is 5.82 Å². The topological polar surface area (TPSA) is 83.3 Å². The van der Waals surface area contributed by atoms with Crippen LogP contribution in [0.4, 0.5) is 36.8 Å². The van der Waals surface area contributed by atoms with E-state index in [4.69, 9.17) is 0 Å². The number of halogens is 6. The molecule has 2 aliphatic rings. The first-order chi connectivity index (χ1) is 15.5. The van der Waals surface area contributed by atoms with Gasteiger partial charge in [0, 0.05) is 30.6 Å². The molecule has 0 radical (unpaired) electrons. The van der Waals surface area contributed by atoms with E-state index in [0.29, 0.717) is 0 Å². The molecule has 0 fully saturated rings. The Bertz CT molecular complexity index is 1080. The molecule has 2 amide bonds. The van der Waals surface area contributed by atoms with Crippen LogP contribution < -0.4 is 5.32 Å². The lowest BCUT2D eigenvalue weighted by atomic mass is 9.95. The van der Waals surface area contributed by atoms with Crippen LogP contribution in [0.1, 0.15) is 48.8 Å². The van der Waals surface area contributed by atoms with Gasteiger partial charge in [-0.15, -0.1) is 0 Å². The van der Waals surface area contributed by atoms with Crippen LogP contribution in [0.3, 0.4) is 0 Å². The number of anilines is 1. The van der Waals surface area contributed by atoms with Crippen molar-refractivity contribution in [3.8, 4) is 0 Å². The number of urea groups is 1. The average Bonchev–Trinajstić information content (AvgIpc) is 3.05. The van der Waals surface area contributed by atoms with Crippen molar-refractivity contribution < 1.29 is 36.2 Å². The number of rotatable bonds is 3. The normalized spacial score (nSPS) is 24.3. The lowest BCUT2D eigenvalue weighted by Gasteiger charge is -2.33. The Labute approximate surface area is 184 Å². The number of pyridine rings is 1. The minimum Gasteiger partial charge on any atom is -0.393 e. The fourth-order valence-electron chi connectivity index (χ4n) is 4.26. The number of hydrogen-bond acceptors (Lipinski definition) is 4. The Morgan fingerprint density at radius 3 is 2.73 bits per heavy atom. The van der Waals surface area contributed by atoms with Crippen LogP contribution in [-0.2, 0) is 25.4 Å². The Balaban J connectivity index is 1.64. The maximum absolute atomic E-state index is 14.9. The molecule has 0 saturated heterocycles. The smallest absolute Gasteiger partial charge is 0.322 e. The number of fused-ring (bicyclic) bond motifs is 3. The predicted octanol–water partition coefficient (Wildman–Crippen LogP) is 3.92. The highest BCUT2D eigenvalue weighted by atomic mass is 19.3. The van der Waals surface area contributed by atoms with Crippen molar-refractivity contribution in [1.29, 1.82) is 0 Å². The molecule has 2 N–H and O–H groups in total. The molecular formula is C20H21F6N5O2. The summed E-state index contributed by atoms with van der Waals surface area (Å²) < 4.78 is 85.6. The van der Waals surface area contributed by atoms with E-state index in [0.717, 1.165) is 21.8 Å². The van der Waals surface area contributed by atoms with E-state index in [1.807, 2.05) is 0 Å². The zero-order valence-electron chi connectivity index (χ0n) is 17.5. The second-order valence-electron chi connectivity index (χ2n) is 8.41. The van der Waals surface area contributed by atoms with Crippen LogP contribution in [0.2, 0.25) is 0 Å². The number of nitrogens with one attached hydrogen (secondary N) is 1. The molecule has 13 heteroatoms. The zero-order valence-corrected chi connectivity index (χ0v) is 17.5. The van der Waals surface area contributed by atoms with Crippen molar-refractivity contribution in [2.45, 2.75) is 63.3 Å². The molecule has 0 saturated carbocycles. The van der Waals surface area contributed by atoms with Gasteiger partial charge in [0.25, 0.3) is 12.3 Å². The molecule has 2 aromatic heterocycles. The first-order valence-electron chi connectivity index (χ1n) is 10.2. The summed E-state index contributed by atoms with van der Waals surface area (Å²) in [5, 5.41) is 15.7. The summed E-state index contributed by atoms with van der Waals surface area (Å²) in [6.07, 6.45) is -3.62. The largest absolute Gasteiger partial charge is 0.393 e. The molecule has 4 rings (SSSR count). The number of aromatic nitrogens is 3. The number of hydrogen-bond donors (Lipinski definition) is 2. The molecule has 180 valence electrons. The molecule has 2 unspecified atom stereocenters. The van der Waals surface area contributed by atoms with E-state index in [1.165, 1.54) is 0 Å². The van der Waals surface area contributed by atoms with Gasteiger partial charge < -0.3 is 15.3 Å². The molecule has 33 heavy (non-hydrogen) atoms. The highest BCUT2D eigenvalue weighted by Crippen LogP contribution is 2.44. The maximum Gasteiger partial charge on any atom is 0.322 e. The van der Waals surface area contributed by atoms with Crippen molar-refractivity contribution in [2.24, 2.45) is 0 Å². The minimum absolute atomic E-state index is 0.0545. The summed E-state index contributed by atoms with van der Waals surface area (Å²) >= 11 is 0. The summed E-state index contributed by atoms with van der Waals surface area (Å²) in [6, 6.07) is -0.433. The van der Waals surface area contributed by atoms with Gasteiger partial charge in [0.2, 0.25) is 0 Å². The predicted molar refractivity (Wildman–Crippen MR) is 103 cm³/mol. The fraction of sp³-hybridized carbons (Fsp3) is 0.550. The molecule has 0 aromatic carbocycles. The molecule has 0 spiro atoms. The standard InChI is InChI=1S/C20H21F6N5O2/c1-10-6-13-11(16-20(25,26)4-3-19(24,9-32)8-31(16)29-13)7-30(10)18(33)28-12-2-5-27-15(14(12)21)17(22)23/h2,5,10,17,32H,3-4,6-9H2,1H3,(H,27,28,33). The van der Waals surface area contributed by atoms with Gasteiger partial charge in [-0.1, -0.05) is 0 Å².